The molecule has 0 saturated carbocycles. The van der Waals surface area contributed by atoms with E-state index in [-0.39, 0.29) is 17.7 Å². The van der Waals surface area contributed by atoms with Crippen molar-refractivity contribution in [1.82, 2.24) is 0 Å². The molecular weight excluding hydrogens is 268 g/mol. The van der Waals surface area contributed by atoms with E-state index in [0.717, 1.165) is 12.1 Å². The number of nitrogens with zero attached hydrogens (tertiary/aromatic N) is 1. The maximum absolute atomic E-state index is 13.5. The summed E-state index contributed by atoms with van der Waals surface area (Å²) in [5.41, 5.74) is -0.480. The number of nitro benzene ring substituents is 1. The van der Waals surface area contributed by atoms with Gasteiger partial charge in [0.1, 0.15) is 0 Å². The number of carbonyl (C=O) groups is 1. The van der Waals surface area contributed by atoms with Crippen LogP contribution in [0.15, 0.2) is 42.5 Å². The highest BCUT2D eigenvalue weighted by Gasteiger charge is 2.19. The third-order valence-electron chi connectivity index (χ3n) is 2.79. The lowest BCUT2D eigenvalue weighted by atomic mass is 10.0. The standard InChI is InChI=1S/C14H9F2NO3/c15-11-6-3-5-10(14(11)16)13(18)8-9-4-1-2-7-12(9)17(19)20/h1-7H,8H2. The molecule has 0 radical (unpaired) electrons. The second-order valence-corrected chi connectivity index (χ2v) is 4.09. The number of hydrogen-bond donors (Lipinski definition) is 0. The van der Waals surface area contributed by atoms with E-state index in [2.05, 4.69) is 0 Å². The van der Waals surface area contributed by atoms with Gasteiger partial charge < -0.3 is 0 Å². The maximum Gasteiger partial charge on any atom is 0.273 e. The average Bonchev–Trinajstić information content (AvgIpc) is 2.42. The SMILES string of the molecule is O=C(Cc1ccccc1[N+](=O)[O-])c1cccc(F)c1F. The zero-order chi connectivity index (χ0) is 14.7. The highest BCUT2D eigenvalue weighted by atomic mass is 19.2. The lowest BCUT2D eigenvalue weighted by Gasteiger charge is -2.04. The van der Waals surface area contributed by atoms with Crippen molar-refractivity contribution in [3.8, 4) is 0 Å². The summed E-state index contributed by atoms with van der Waals surface area (Å²) in [5.74, 6) is -3.08. The fourth-order valence-electron chi connectivity index (χ4n) is 1.83. The van der Waals surface area contributed by atoms with Gasteiger partial charge in [0.25, 0.3) is 5.69 Å². The van der Waals surface area contributed by atoms with Gasteiger partial charge in [0, 0.05) is 18.1 Å². The molecular formula is C14H9F2NO3. The molecule has 2 aromatic rings. The molecule has 2 rings (SSSR count). The first-order valence-corrected chi connectivity index (χ1v) is 5.70. The minimum absolute atomic E-state index is 0.158. The van der Waals surface area contributed by atoms with Crippen LogP contribution < -0.4 is 0 Å². The number of carbonyl (C=O) groups excluding carboxylic acids is 1. The van der Waals surface area contributed by atoms with Gasteiger partial charge in [-0.05, 0) is 12.1 Å². The summed E-state index contributed by atoms with van der Waals surface area (Å²) >= 11 is 0. The molecule has 0 aliphatic rings. The van der Waals surface area contributed by atoms with Crippen molar-refractivity contribution in [1.29, 1.82) is 0 Å². The van der Waals surface area contributed by atoms with Crippen LogP contribution in [0.3, 0.4) is 0 Å². The quantitative estimate of drug-likeness (QED) is 0.489. The monoisotopic (exact) mass is 277 g/mol. The van der Waals surface area contributed by atoms with Crippen molar-refractivity contribution >= 4 is 11.5 Å². The molecule has 0 bridgehead atoms. The van der Waals surface area contributed by atoms with Crippen LogP contribution in [0.4, 0.5) is 14.5 Å². The van der Waals surface area contributed by atoms with E-state index in [1.807, 2.05) is 0 Å². The summed E-state index contributed by atoms with van der Waals surface area (Å²) in [6.07, 6.45) is -0.364. The molecule has 20 heavy (non-hydrogen) atoms. The fourth-order valence-corrected chi connectivity index (χ4v) is 1.83. The topological polar surface area (TPSA) is 60.2 Å². The smallest absolute Gasteiger partial charge is 0.273 e. The van der Waals surface area contributed by atoms with Gasteiger partial charge in [-0.15, -0.1) is 0 Å². The number of halogens is 2. The highest BCUT2D eigenvalue weighted by Crippen LogP contribution is 2.21. The molecule has 4 nitrogen and oxygen atoms in total. The molecule has 0 heterocycles. The molecule has 0 saturated heterocycles. The molecule has 102 valence electrons. The van der Waals surface area contributed by atoms with Crippen LogP contribution in [-0.4, -0.2) is 10.7 Å². The second kappa shape index (κ2) is 5.56. The van der Waals surface area contributed by atoms with Gasteiger partial charge >= 0.3 is 0 Å². The van der Waals surface area contributed by atoms with Crippen LogP contribution in [0.5, 0.6) is 0 Å². The molecule has 2 aromatic carbocycles. The van der Waals surface area contributed by atoms with Crippen LogP contribution in [0, 0.1) is 21.7 Å². The van der Waals surface area contributed by atoms with E-state index in [4.69, 9.17) is 0 Å². The van der Waals surface area contributed by atoms with Crippen molar-refractivity contribution in [2.24, 2.45) is 0 Å². The highest BCUT2D eigenvalue weighted by molar-refractivity contribution is 5.98. The molecule has 0 aliphatic carbocycles. The van der Waals surface area contributed by atoms with E-state index in [1.54, 1.807) is 0 Å². The summed E-state index contributed by atoms with van der Waals surface area (Å²) in [5, 5.41) is 10.8. The van der Waals surface area contributed by atoms with Crippen molar-refractivity contribution in [2.75, 3.05) is 0 Å². The summed E-state index contributed by atoms with van der Waals surface area (Å²) in [7, 11) is 0. The Kier molecular flexibility index (Phi) is 3.84. The van der Waals surface area contributed by atoms with Crippen molar-refractivity contribution in [2.45, 2.75) is 6.42 Å². The van der Waals surface area contributed by atoms with Crippen LogP contribution >= 0.6 is 0 Å². The Bertz CT molecular complexity index is 686. The van der Waals surface area contributed by atoms with Gasteiger partial charge in [0.2, 0.25) is 0 Å². The number of rotatable bonds is 4. The predicted octanol–water partition coefficient (Wildman–Crippen LogP) is 3.30. The molecule has 0 N–H and O–H groups in total. The van der Waals surface area contributed by atoms with Crippen LogP contribution in [0.2, 0.25) is 0 Å². The lowest BCUT2D eigenvalue weighted by Crippen LogP contribution is -2.09. The minimum atomic E-state index is -1.24. The fraction of sp³-hybridized carbons (Fsp3) is 0.0714. The Hall–Kier alpha value is -2.63. The Balaban J connectivity index is 2.33. The summed E-state index contributed by atoms with van der Waals surface area (Å²) < 4.78 is 26.5. The first-order valence-electron chi connectivity index (χ1n) is 5.70. The normalized spacial score (nSPS) is 10.3. The molecule has 0 aliphatic heterocycles. The third-order valence-corrected chi connectivity index (χ3v) is 2.79. The minimum Gasteiger partial charge on any atom is -0.294 e. The molecule has 0 spiro atoms. The summed E-state index contributed by atoms with van der Waals surface area (Å²) in [6.45, 7) is 0. The van der Waals surface area contributed by atoms with Gasteiger partial charge in [-0.3, -0.25) is 14.9 Å². The molecule has 0 unspecified atom stereocenters. The number of para-hydroxylation sites is 1. The van der Waals surface area contributed by atoms with Crippen molar-refractivity contribution in [3.63, 3.8) is 0 Å². The number of hydrogen-bond acceptors (Lipinski definition) is 3. The first kappa shape index (κ1) is 13.8. The van der Waals surface area contributed by atoms with Gasteiger partial charge in [-0.25, -0.2) is 8.78 Å². The predicted molar refractivity (Wildman–Crippen MR) is 67.5 cm³/mol. The third kappa shape index (κ3) is 2.69. The number of Topliss-reactive ketones (excluding diaryl/α,β-unsaturated/α-hetero) is 1. The van der Waals surface area contributed by atoms with Crippen LogP contribution in [0.25, 0.3) is 0 Å². The second-order valence-electron chi connectivity index (χ2n) is 4.09. The van der Waals surface area contributed by atoms with E-state index in [1.165, 1.54) is 30.3 Å². The Morgan fingerprint density at radius 2 is 1.80 bits per heavy atom. The van der Waals surface area contributed by atoms with E-state index in [9.17, 15) is 23.7 Å². The van der Waals surface area contributed by atoms with Gasteiger partial charge in [0.15, 0.2) is 17.4 Å². The van der Waals surface area contributed by atoms with Gasteiger partial charge in [-0.1, -0.05) is 24.3 Å². The largest absolute Gasteiger partial charge is 0.294 e. The Morgan fingerprint density at radius 1 is 1.10 bits per heavy atom. The summed E-state index contributed by atoms with van der Waals surface area (Å²) in [6, 6.07) is 8.93. The number of ketones is 1. The Morgan fingerprint density at radius 3 is 2.50 bits per heavy atom. The molecule has 0 amide bonds. The van der Waals surface area contributed by atoms with Crippen LogP contribution in [0.1, 0.15) is 15.9 Å². The lowest BCUT2D eigenvalue weighted by molar-refractivity contribution is -0.385. The Labute approximate surface area is 112 Å². The maximum atomic E-state index is 13.5. The van der Waals surface area contributed by atoms with Crippen molar-refractivity contribution in [3.05, 3.63) is 75.3 Å². The zero-order valence-electron chi connectivity index (χ0n) is 10.2. The van der Waals surface area contributed by atoms with Crippen molar-refractivity contribution < 1.29 is 18.5 Å². The van der Waals surface area contributed by atoms with Gasteiger partial charge in [0.05, 0.1) is 10.5 Å². The van der Waals surface area contributed by atoms with E-state index >= 15 is 0 Å². The van der Waals surface area contributed by atoms with Crippen LogP contribution in [-0.2, 0) is 6.42 Å². The number of nitro groups is 1. The van der Waals surface area contributed by atoms with Gasteiger partial charge in [-0.2, -0.15) is 0 Å². The van der Waals surface area contributed by atoms with E-state index < -0.39 is 27.9 Å². The molecule has 0 atom stereocenters. The summed E-state index contributed by atoms with van der Waals surface area (Å²) in [4.78, 5) is 22.1. The number of benzene rings is 2. The first-order chi connectivity index (χ1) is 9.50. The molecule has 0 aromatic heterocycles. The molecule has 6 heteroatoms. The molecule has 0 fully saturated rings. The zero-order valence-corrected chi connectivity index (χ0v) is 10.2. The van der Waals surface area contributed by atoms with E-state index in [0.29, 0.717) is 0 Å². The average molecular weight is 277 g/mol.